The van der Waals surface area contributed by atoms with Crippen molar-refractivity contribution in [2.75, 3.05) is 11.7 Å². The summed E-state index contributed by atoms with van der Waals surface area (Å²) in [6.45, 7) is 6.99. The maximum absolute atomic E-state index is 13.3. The first kappa shape index (κ1) is 21.0. The van der Waals surface area contributed by atoms with Gasteiger partial charge in [-0.25, -0.2) is 9.59 Å². The van der Waals surface area contributed by atoms with Crippen LogP contribution in [0.4, 0.5) is 10.5 Å². The summed E-state index contributed by atoms with van der Waals surface area (Å²) < 4.78 is 5.25. The number of nitrogens with zero attached hydrogens (tertiary/aromatic N) is 1. The van der Waals surface area contributed by atoms with Gasteiger partial charge < -0.3 is 10.1 Å². The van der Waals surface area contributed by atoms with Gasteiger partial charge in [-0.1, -0.05) is 18.2 Å². The van der Waals surface area contributed by atoms with Gasteiger partial charge in [0, 0.05) is 12.5 Å². The zero-order valence-corrected chi connectivity index (χ0v) is 16.5. The number of alkyl halides is 1. The molecular formula is C19H23ClN2O5. The number of nitrogens with one attached hydrogen (secondary N) is 1. The Morgan fingerprint density at radius 1 is 1.44 bits per heavy atom. The topological polar surface area (TPSA) is 84.9 Å². The normalized spacial score (nSPS) is 22.3. The van der Waals surface area contributed by atoms with Crippen molar-refractivity contribution in [3.8, 4) is 0 Å². The molecule has 0 spiro atoms. The average molecular weight is 395 g/mol. The minimum Gasteiger partial charge on any atom is -0.444 e. The molecule has 2 rings (SSSR count). The van der Waals surface area contributed by atoms with Crippen molar-refractivity contribution in [2.24, 2.45) is 0 Å². The van der Waals surface area contributed by atoms with Crippen LogP contribution < -0.4 is 10.4 Å². The smallest absolute Gasteiger partial charge is 0.408 e. The van der Waals surface area contributed by atoms with Gasteiger partial charge in [0.25, 0.3) is 5.91 Å². The largest absolute Gasteiger partial charge is 0.444 e. The highest BCUT2D eigenvalue weighted by atomic mass is 35.5. The molecule has 0 radical (unpaired) electrons. The molecule has 2 atom stereocenters. The first-order valence-corrected chi connectivity index (χ1v) is 9.01. The molecule has 1 N–H and O–H groups in total. The van der Waals surface area contributed by atoms with Crippen LogP contribution in [0.1, 0.15) is 45.1 Å². The van der Waals surface area contributed by atoms with E-state index in [0.29, 0.717) is 11.3 Å². The molecule has 0 aromatic heterocycles. The van der Waals surface area contributed by atoms with Crippen LogP contribution >= 0.6 is 11.6 Å². The zero-order chi connectivity index (χ0) is 20.2. The summed E-state index contributed by atoms with van der Waals surface area (Å²) in [4.78, 5) is 42.4. The Bertz CT molecular complexity index is 770. The molecule has 0 saturated heterocycles. The third-order valence-corrected chi connectivity index (χ3v) is 4.24. The first-order chi connectivity index (χ1) is 12.6. The molecule has 1 aromatic carbocycles. The zero-order valence-electron chi connectivity index (χ0n) is 15.7. The second-order valence-electron chi connectivity index (χ2n) is 7.11. The number of hydrogen-bond donors (Lipinski definition) is 1. The summed E-state index contributed by atoms with van der Waals surface area (Å²) in [5.41, 5.74) is -1.44. The lowest BCUT2D eigenvalue weighted by Crippen LogP contribution is -2.59. The van der Waals surface area contributed by atoms with E-state index in [-0.39, 0.29) is 13.0 Å². The number of rotatable bonds is 4. The van der Waals surface area contributed by atoms with E-state index in [1.807, 2.05) is 0 Å². The number of ether oxygens (including phenoxy) is 1. The van der Waals surface area contributed by atoms with E-state index in [1.165, 1.54) is 0 Å². The second-order valence-corrected chi connectivity index (χ2v) is 7.64. The minimum absolute atomic E-state index is 0.0670. The molecule has 1 aromatic rings. The van der Waals surface area contributed by atoms with Crippen LogP contribution in [0.5, 0.6) is 0 Å². The Hall–Kier alpha value is -2.34. The van der Waals surface area contributed by atoms with Gasteiger partial charge in [0.05, 0.1) is 17.7 Å². The van der Waals surface area contributed by atoms with Gasteiger partial charge in [-0.15, -0.1) is 11.6 Å². The Kier molecular flexibility index (Phi) is 6.31. The van der Waals surface area contributed by atoms with Crippen molar-refractivity contribution in [3.63, 3.8) is 0 Å². The Balaban J connectivity index is 2.53. The van der Waals surface area contributed by atoms with Crippen molar-refractivity contribution in [1.82, 2.24) is 5.32 Å². The van der Waals surface area contributed by atoms with E-state index in [9.17, 15) is 14.4 Å². The summed E-state index contributed by atoms with van der Waals surface area (Å²) >= 11 is 6.54. The van der Waals surface area contributed by atoms with Crippen LogP contribution in [0.15, 0.2) is 30.3 Å². The molecular weight excluding hydrogens is 372 g/mol. The van der Waals surface area contributed by atoms with Crippen molar-refractivity contribution >= 4 is 35.2 Å². The molecule has 27 heavy (non-hydrogen) atoms. The predicted octanol–water partition coefficient (Wildman–Crippen LogP) is 3.31. The molecule has 0 aliphatic carbocycles. The minimum atomic E-state index is -1.76. The summed E-state index contributed by atoms with van der Waals surface area (Å²) in [5, 5.41) is 2.89. The maximum atomic E-state index is 13.3. The summed E-state index contributed by atoms with van der Waals surface area (Å²) in [7, 11) is 0. The van der Waals surface area contributed by atoms with Crippen molar-refractivity contribution in [2.45, 2.75) is 50.6 Å². The van der Waals surface area contributed by atoms with Gasteiger partial charge in [0.15, 0.2) is 5.54 Å². The quantitative estimate of drug-likeness (QED) is 0.625. The van der Waals surface area contributed by atoms with Crippen LogP contribution in [0, 0.1) is 0 Å². The molecule has 0 fully saturated rings. The number of hydrogen-bond acceptors (Lipinski definition) is 5. The van der Waals surface area contributed by atoms with Gasteiger partial charge in [0.1, 0.15) is 11.5 Å². The van der Waals surface area contributed by atoms with E-state index in [4.69, 9.17) is 21.2 Å². The molecule has 8 heteroatoms. The van der Waals surface area contributed by atoms with Gasteiger partial charge >= 0.3 is 6.09 Å². The number of hydroxylamine groups is 1. The fourth-order valence-corrected chi connectivity index (χ4v) is 3.24. The molecule has 1 aliphatic rings. The number of fused-ring (bicyclic) bond motifs is 1. The van der Waals surface area contributed by atoms with Gasteiger partial charge in [-0.2, -0.15) is 5.06 Å². The van der Waals surface area contributed by atoms with E-state index < -0.39 is 28.5 Å². The van der Waals surface area contributed by atoms with E-state index in [2.05, 4.69) is 5.32 Å². The van der Waals surface area contributed by atoms with Gasteiger partial charge in [-0.3, -0.25) is 9.63 Å². The monoisotopic (exact) mass is 394 g/mol. The van der Waals surface area contributed by atoms with Crippen molar-refractivity contribution < 1.29 is 24.0 Å². The molecule has 2 amide bonds. The molecule has 0 saturated carbocycles. The molecule has 146 valence electrons. The standard InChI is InChI=1S/C19H23ClN2O5/c1-5-26-22-15-9-7-6-8-13(15)14(20)12-19(10-11-23,16(22)24)21-17(25)27-18(2,3)4/h6-10,14H,5,12H2,1-4H3,(H,21,25)/t14?,19-/m1/s1. The highest BCUT2D eigenvalue weighted by Gasteiger charge is 2.48. The fraction of sp³-hybridized carbons (Fsp3) is 0.474. The average Bonchev–Trinajstić information content (AvgIpc) is 2.64. The van der Waals surface area contributed by atoms with Crippen molar-refractivity contribution in [1.29, 1.82) is 0 Å². The number of benzene rings is 1. The summed E-state index contributed by atoms with van der Waals surface area (Å²) in [6, 6.07) is 6.98. The SMILES string of the molecule is CCON1C(=O)[C@](C=C=O)(NC(=O)OC(C)(C)C)CC(Cl)c2ccccc21. The van der Waals surface area contributed by atoms with E-state index in [0.717, 1.165) is 11.1 Å². The Morgan fingerprint density at radius 2 is 2.11 bits per heavy atom. The number of halogens is 1. The fourth-order valence-electron chi connectivity index (χ4n) is 2.81. The van der Waals surface area contributed by atoms with Gasteiger partial charge in [0.2, 0.25) is 0 Å². The maximum Gasteiger partial charge on any atom is 0.408 e. The molecule has 7 nitrogen and oxygen atoms in total. The van der Waals surface area contributed by atoms with Crippen LogP contribution in [0.25, 0.3) is 0 Å². The lowest BCUT2D eigenvalue weighted by Gasteiger charge is -2.33. The van der Waals surface area contributed by atoms with E-state index >= 15 is 0 Å². The number of carbonyl (C=O) groups excluding carboxylic acids is 3. The van der Waals surface area contributed by atoms with Crippen molar-refractivity contribution in [3.05, 3.63) is 35.9 Å². The third kappa shape index (κ3) is 4.69. The lowest BCUT2D eigenvalue weighted by atomic mass is 9.91. The molecule has 1 aliphatic heterocycles. The molecule has 0 bridgehead atoms. The number of alkyl carbamates (subject to hydrolysis) is 1. The highest BCUT2D eigenvalue weighted by Crippen LogP contribution is 2.41. The van der Waals surface area contributed by atoms with Crippen LogP contribution in [0.3, 0.4) is 0 Å². The molecule has 1 heterocycles. The van der Waals surface area contributed by atoms with Gasteiger partial charge in [-0.05, 0) is 39.3 Å². The van der Waals surface area contributed by atoms with Crippen LogP contribution in [-0.4, -0.2) is 35.7 Å². The second kappa shape index (κ2) is 8.13. The Labute approximate surface area is 163 Å². The summed E-state index contributed by atoms with van der Waals surface area (Å²) in [5.74, 6) is 0.949. The lowest BCUT2D eigenvalue weighted by molar-refractivity contribution is -0.130. The summed E-state index contributed by atoms with van der Waals surface area (Å²) in [6.07, 6.45) is 0.0308. The van der Waals surface area contributed by atoms with E-state index in [1.54, 1.807) is 57.9 Å². The number of amides is 2. The molecule has 1 unspecified atom stereocenters. The highest BCUT2D eigenvalue weighted by molar-refractivity contribution is 6.22. The first-order valence-electron chi connectivity index (χ1n) is 8.57. The number of anilines is 1. The van der Waals surface area contributed by atoms with Crippen LogP contribution in [0.2, 0.25) is 0 Å². The third-order valence-electron chi connectivity index (χ3n) is 3.85. The van der Waals surface area contributed by atoms with Crippen LogP contribution in [-0.2, 0) is 19.2 Å². The Morgan fingerprint density at radius 3 is 2.70 bits per heavy atom. The number of carbonyl (C=O) groups is 2. The predicted molar refractivity (Wildman–Crippen MR) is 101 cm³/mol. The number of para-hydroxylation sites is 1.